The number of sulfonamides is 1. The van der Waals surface area contributed by atoms with Gasteiger partial charge in [0.15, 0.2) is 6.04 Å². The fourth-order valence-corrected chi connectivity index (χ4v) is 3.88. The van der Waals surface area contributed by atoms with Crippen molar-refractivity contribution in [2.45, 2.75) is 31.7 Å². The molecule has 0 heterocycles. The molecule has 1 atom stereocenters. The Kier molecular flexibility index (Phi) is 8.61. The SMILES string of the molecule is C=CCOCC(NC(=O)c1cc(S(=O)(=O)N(CC)CC)ccc1C)C(=O)O. The van der Waals surface area contributed by atoms with Gasteiger partial charge in [-0.2, -0.15) is 4.31 Å². The van der Waals surface area contributed by atoms with Crippen LogP contribution in [0.25, 0.3) is 0 Å². The minimum absolute atomic E-state index is 0.0169. The Morgan fingerprint density at radius 3 is 2.48 bits per heavy atom. The lowest BCUT2D eigenvalue weighted by atomic mass is 10.1. The van der Waals surface area contributed by atoms with Gasteiger partial charge in [-0.1, -0.05) is 26.0 Å². The van der Waals surface area contributed by atoms with Crippen molar-refractivity contribution < 1.29 is 27.9 Å². The Morgan fingerprint density at radius 1 is 1.33 bits per heavy atom. The number of hydrogen-bond acceptors (Lipinski definition) is 5. The summed E-state index contributed by atoms with van der Waals surface area (Å²) >= 11 is 0. The number of carbonyl (C=O) groups excluding carboxylic acids is 1. The van der Waals surface area contributed by atoms with Crippen LogP contribution in [0.4, 0.5) is 0 Å². The fraction of sp³-hybridized carbons (Fsp3) is 0.444. The summed E-state index contributed by atoms with van der Waals surface area (Å²) in [5, 5.41) is 11.6. The molecule has 0 bridgehead atoms. The molecule has 0 aliphatic rings. The third-order valence-electron chi connectivity index (χ3n) is 3.92. The second kappa shape index (κ2) is 10.2. The lowest BCUT2D eigenvalue weighted by molar-refractivity contribution is -0.140. The van der Waals surface area contributed by atoms with E-state index < -0.39 is 27.9 Å². The van der Waals surface area contributed by atoms with Gasteiger partial charge in [-0.15, -0.1) is 6.58 Å². The lowest BCUT2D eigenvalue weighted by Gasteiger charge is -2.20. The summed E-state index contributed by atoms with van der Waals surface area (Å²) in [4.78, 5) is 23.8. The minimum atomic E-state index is -3.74. The number of aliphatic carboxylic acids is 1. The van der Waals surface area contributed by atoms with Gasteiger partial charge in [-0.25, -0.2) is 13.2 Å². The second-order valence-corrected chi connectivity index (χ2v) is 7.69. The number of ether oxygens (including phenoxy) is 1. The molecule has 27 heavy (non-hydrogen) atoms. The highest BCUT2D eigenvalue weighted by Crippen LogP contribution is 2.19. The molecule has 1 amide bonds. The monoisotopic (exact) mass is 398 g/mol. The maximum Gasteiger partial charge on any atom is 0.328 e. The first kappa shape index (κ1) is 22.8. The average Bonchev–Trinajstić information content (AvgIpc) is 2.61. The zero-order valence-electron chi connectivity index (χ0n) is 15.8. The number of nitrogens with zero attached hydrogens (tertiary/aromatic N) is 1. The van der Waals surface area contributed by atoms with E-state index in [1.54, 1.807) is 20.8 Å². The number of benzene rings is 1. The highest BCUT2D eigenvalue weighted by Gasteiger charge is 2.25. The molecule has 0 saturated heterocycles. The highest BCUT2D eigenvalue weighted by atomic mass is 32.2. The molecular formula is C18H26N2O6S. The zero-order chi connectivity index (χ0) is 20.6. The van der Waals surface area contributed by atoms with Crippen molar-refractivity contribution in [2.24, 2.45) is 0 Å². The van der Waals surface area contributed by atoms with Crippen molar-refractivity contribution >= 4 is 21.9 Å². The van der Waals surface area contributed by atoms with Gasteiger partial charge >= 0.3 is 5.97 Å². The largest absolute Gasteiger partial charge is 0.480 e. The van der Waals surface area contributed by atoms with Gasteiger partial charge in [0.25, 0.3) is 5.91 Å². The number of rotatable bonds is 11. The molecule has 8 nitrogen and oxygen atoms in total. The van der Waals surface area contributed by atoms with Gasteiger partial charge < -0.3 is 15.2 Å². The molecule has 2 N–H and O–H groups in total. The van der Waals surface area contributed by atoms with Gasteiger partial charge in [0, 0.05) is 18.7 Å². The van der Waals surface area contributed by atoms with E-state index in [1.165, 1.54) is 28.6 Å². The molecule has 1 aromatic rings. The van der Waals surface area contributed by atoms with Crippen molar-refractivity contribution in [3.8, 4) is 0 Å². The Bertz CT molecular complexity index is 787. The Labute approximate surface area is 159 Å². The zero-order valence-corrected chi connectivity index (χ0v) is 16.6. The lowest BCUT2D eigenvalue weighted by Crippen LogP contribution is -2.44. The maximum atomic E-state index is 12.7. The molecule has 0 saturated carbocycles. The van der Waals surface area contributed by atoms with Crippen LogP contribution < -0.4 is 5.32 Å². The van der Waals surface area contributed by atoms with Gasteiger partial charge in [0.1, 0.15) is 0 Å². The van der Waals surface area contributed by atoms with Crippen molar-refractivity contribution in [2.75, 3.05) is 26.3 Å². The first-order valence-corrected chi connectivity index (χ1v) is 9.96. The Hall–Kier alpha value is -2.23. The van der Waals surface area contributed by atoms with Crippen molar-refractivity contribution in [3.05, 3.63) is 42.0 Å². The molecule has 0 fully saturated rings. The summed E-state index contributed by atoms with van der Waals surface area (Å²) in [6, 6.07) is 2.96. The number of carboxylic acid groups (broad SMARTS) is 1. The van der Waals surface area contributed by atoms with Crippen LogP contribution in [0.3, 0.4) is 0 Å². The quantitative estimate of drug-likeness (QED) is 0.430. The van der Waals surface area contributed by atoms with Crippen LogP contribution in [0.2, 0.25) is 0 Å². The Balaban J connectivity index is 3.13. The number of amides is 1. The van der Waals surface area contributed by atoms with E-state index in [-0.39, 0.29) is 23.7 Å². The van der Waals surface area contributed by atoms with E-state index in [9.17, 15) is 23.1 Å². The van der Waals surface area contributed by atoms with Crippen LogP contribution >= 0.6 is 0 Å². The van der Waals surface area contributed by atoms with Crippen LogP contribution in [0.5, 0.6) is 0 Å². The number of aryl methyl sites for hydroxylation is 1. The number of carbonyl (C=O) groups is 2. The summed E-state index contributed by atoms with van der Waals surface area (Å²) in [7, 11) is -3.74. The molecule has 1 unspecified atom stereocenters. The smallest absolute Gasteiger partial charge is 0.328 e. The first-order valence-electron chi connectivity index (χ1n) is 8.52. The predicted molar refractivity (Wildman–Crippen MR) is 101 cm³/mol. The summed E-state index contributed by atoms with van der Waals surface area (Å²) in [5.41, 5.74) is 0.625. The van der Waals surface area contributed by atoms with E-state index in [4.69, 9.17) is 4.74 Å². The van der Waals surface area contributed by atoms with E-state index in [0.717, 1.165) is 0 Å². The van der Waals surface area contributed by atoms with E-state index in [1.807, 2.05) is 0 Å². The van der Waals surface area contributed by atoms with Crippen LogP contribution in [0, 0.1) is 6.92 Å². The van der Waals surface area contributed by atoms with E-state index >= 15 is 0 Å². The summed E-state index contributed by atoms with van der Waals surface area (Å²) < 4.78 is 31.7. The predicted octanol–water partition coefficient (Wildman–Crippen LogP) is 1.41. The van der Waals surface area contributed by atoms with Crippen LogP contribution in [-0.2, 0) is 19.6 Å². The van der Waals surface area contributed by atoms with Crippen molar-refractivity contribution in [1.29, 1.82) is 0 Å². The van der Waals surface area contributed by atoms with Crippen LogP contribution in [0.1, 0.15) is 29.8 Å². The molecular weight excluding hydrogens is 372 g/mol. The van der Waals surface area contributed by atoms with Gasteiger partial charge in [0.05, 0.1) is 18.1 Å². The molecule has 0 radical (unpaired) electrons. The molecule has 1 rings (SSSR count). The summed E-state index contributed by atoms with van der Waals surface area (Å²) in [5.74, 6) is -1.93. The third-order valence-corrected chi connectivity index (χ3v) is 5.97. The van der Waals surface area contributed by atoms with Crippen molar-refractivity contribution in [3.63, 3.8) is 0 Å². The van der Waals surface area contributed by atoms with Gasteiger partial charge in [-0.05, 0) is 24.6 Å². The normalized spacial score (nSPS) is 12.6. The maximum absolute atomic E-state index is 12.7. The van der Waals surface area contributed by atoms with Crippen LogP contribution in [0.15, 0.2) is 35.7 Å². The molecule has 0 aromatic heterocycles. The molecule has 1 aromatic carbocycles. The summed E-state index contributed by atoms with van der Waals surface area (Å²) in [6.45, 7) is 9.08. The Morgan fingerprint density at radius 2 is 1.96 bits per heavy atom. The number of nitrogens with one attached hydrogen (secondary N) is 1. The van der Waals surface area contributed by atoms with E-state index in [2.05, 4.69) is 11.9 Å². The molecule has 0 aliphatic carbocycles. The molecule has 0 spiro atoms. The van der Waals surface area contributed by atoms with Crippen molar-refractivity contribution in [1.82, 2.24) is 9.62 Å². The molecule has 9 heteroatoms. The average molecular weight is 398 g/mol. The molecule has 150 valence electrons. The van der Waals surface area contributed by atoms with Gasteiger partial charge in [0.2, 0.25) is 10.0 Å². The third kappa shape index (κ3) is 5.88. The van der Waals surface area contributed by atoms with Crippen LogP contribution in [-0.4, -0.2) is 62.1 Å². The fourth-order valence-electron chi connectivity index (χ4n) is 2.40. The van der Waals surface area contributed by atoms with E-state index in [0.29, 0.717) is 18.7 Å². The van der Waals surface area contributed by atoms with Gasteiger partial charge in [-0.3, -0.25) is 4.79 Å². The minimum Gasteiger partial charge on any atom is -0.480 e. The second-order valence-electron chi connectivity index (χ2n) is 5.76. The highest BCUT2D eigenvalue weighted by molar-refractivity contribution is 7.89. The topological polar surface area (TPSA) is 113 Å². The number of carboxylic acids is 1. The standard InChI is InChI=1S/C18H26N2O6S/c1-5-10-26-12-16(18(22)23)19-17(21)15-11-14(9-8-13(15)4)27(24,25)20(6-2)7-3/h5,8-9,11,16H,1,6-7,10,12H2,2-4H3,(H,19,21)(H,22,23). The first-order chi connectivity index (χ1) is 12.7. The molecule has 0 aliphatic heterocycles. The number of hydrogen-bond donors (Lipinski definition) is 2. The summed E-state index contributed by atoms with van der Waals surface area (Å²) in [6.07, 6.45) is 1.46.